The summed E-state index contributed by atoms with van der Waals surface area (Å²) in [5, 5.41) is 4.02. The number of fused-ring (bicyclic) bond motifs is 1. The first-order valence-corrected chi connectivity index (χ1v) is 12.3. The summed E-state index contributed by atoms with van der Waals surface area (Å²) in [5.41, 5.74) is 2.65. The van der Waals surface area contributed by atoms with Crippen LogP contribution in [0.15, 0.2) is 41.0 Å². The summed E-state index contributed by atoms with van der Waals surface area (Å²) in [7, 11) is -0.716. The number of halogens is 1. The van der Waals surface area contributed by atoms with E-state index < -0.39 is 15.5 Å². The highest BCUT2D eigenvalue weighted by molar-refractivity contribution is 7.92. The molecule has 2 heterocycles. The number of nitrogens with zero attached hydrogens (tertiary/aromatic N) is 3. The van der Waals surface area contributed by atoms with Crippen LogP contribution in [0.1, 0.15) is 5.56 Å². The molecule has 2 atom stereocenters. The highest BCUT2D eigenvalue weighted by atomic mass is 32.2. The minimum absolute atomic E-state index is 0.234. The lowest BCUT2D eigenvalue weighted by molar-refractivity contribution is 0.0328. The molecule has 1 N–H and O–H groups in total. The van der Waals surface area contributed by atoms with E-state index in [2.05, 4.69) is 19.6 Å². The molecule has 0 unspecified atom stereocenters. The fourth-order valence-electron chi connectivity index (χ4n) is 3.61. The number of nitrogens with one attached hydrogen (secondary N) is 1. The van der Waals surface area contributed by atoms with Gasteiger partial charge in [-0.2, -0.15) is 4.36 Å². The zero-order valence-electron chi connectivity index (χ0n) is 18.3. The molecule has 4 rings (SSSR count). The Hall–Kier alpha value is -2.82. The molecule has 0 radical (unpaired) electrons. The van der Waals surface area contributed by atoms with Crippen molar-refractivity contribution < 1.29 is 22.8 Å². The molecule has 0 amide bonds. The van der Waals surface area contributed by atoms with Crippen molar-refractivity contribution in [3.05, 3.63) is 48.0 Å². The van der Waals surface area contributed by atoms with Gasteiger partial charge >= 0.3 is 0 Å². The smallest absolute Gasteiger partial charge is 0.150 e. The molecule has 1 aromatic heterocycles. The molecule has 1 aliphatic rings. The van der Waals surface area contributed by atoms with E-state index in [4.69, 9.17) is 14.2 Å². The molecular formula is C22H25FN4O4S. The van der Waals surface area contributed by atoms with Crippen LogP contribution in [0.3, 0.4) is 0 Å². The van der Waals surface area contributed by atoms with Gasteiger partial charge in [0, 0.05) is 40.8 Å². The maximum Gasteiger partial charge on any atom is 0.150 e. The van der Waals surface area contributed by atoms with Crippen LogP contribution in [0.5, 0.6) is 5.75 Å². The van der Waals surface area contributed by atoms with Gasteiger partial charge in [-0.25, -0.2) is 18.6 Å². The van der Waals surface area contributed by atoms with Gasteiger partial charge in [-0.05, 0) is 36.8 Å². The third-order valence-corrected chi connectivity index (χ3v) is 5.65. The maximum absolute atomic E-state index is 14.0. The van der Waals surface area contributed by atoms with Crippen molar-refractivity contribution in [1.29, 1.82) is 0 Å². The number of aromatic nitrogens is 2. The average molecular weight is 461 g/mol. The summed E-state index contributed by atoms with van der Waals surface area (Å²) in [6.07, 6.45) is 4.01. The number of hydrogen-bond donors (Lipinski definition) is 1. The molecule has 170 valence electrons. The molecule has 1 fully saturated rings. The fourth-order valence-corrected chi connectivity index (χ4v) is 4.22. The van der Waals surface area contributed by atoms with Gasteiger partial charge in [0.15, 0.2) is 6.10 Å². The highest BCUT2D eigenvalue weighted by Crippen LogP contribution is 2.34. The number of benzene rings is 2. The van der Waals surface area contributed by atoms with Gasteiger partial charge in [0.05, 0.1) is 30.1 Å². The van der Waals surface area contributed by atoms with E-state index in [0.717, 1.165) is 10.9 Å². The Bertz CT molecular complexity index is 1270. The quantitative estimate of drug-likeness (QED) is 0.595. The lowest BCUT2D eigenvalue weighted by Crippen LogP contribution is -2.31. The molecule has 1 saturated heterocycles. The summed E-state index contributed by atoms with van der Waals surface area (Å²) in [6.45, 7) is 2.68. The second-order valence-electron chi connectivity index (χ2n) is 7.89. The van der Waals surface area contributed by atoms with Crippen molar-refractivity contribution in [2.24, 2.45) is 4.36 Å². The zero-order valence-corrected chi connectivity index (χ0v) is 19.1. The first kappa shape index (κ1) is 22.4. The zero-order chi connectivity index (χ0) is 22.9. The molecule has 0 aliphatic carbocycles. The van der Waals surface area contributed by atoms with Crippen LogP contribution in [0.25, 0.3) is 10.9 Å². The van der Waals surface area contributed by atoms with Crippen molar-refractivity contribution in [2.75, 3.05) is 38.2 Å². The highest BCUT2D eigenvalue weighted by Gasteiger charge is 2.30. The van der Waals surface area contributed by atoms with E-state index in [1.54, 1.807) is 31.8 Å². The Balaban J connectivity index is 1.72. The lowest BCUT2D eigenvalue weighted by atomic mass is 10.1. The van der Waals surface area contributed by atoms with Gasteiger partial charge in [-0.15, -0.1) is 0 Å². The normalized spacial score (nSPS) is 18.7. The third kappa shape index (κ3) is 4.98. The minimum atomic E-state index is -2.31. The second kappa shape index (κ2) is 8.97. The average Bonchev–Trinajstić information content (AvgIpc) is 3.15. The SMILES string of the molecule is CO[C@@H]1COC[C@H]1Oc1cc(F)ccc1Nc1ncnc2cc(N=S(C)(C)=O)cc(C)c12. The molecule has 0 bridgehead atoms. The molecule has 0 spiro atoms. The number of ether oxygens (including phenoxy) is 3. The van der Waals surface area contributed by atoms with E-state index in [1.807, 2.05) is 13.0 Å². The number of anilines is 2. The van der Waals surface area contributed by atoms with Crippen LogP contribution in [0.4, 0.5) is 21.6 Å². The van der Waals surface area contributed by atoms with Crippen LogP contribution in [0, 0.1) is 12.7 Å². The Labute approximate surface area is 186 Å². The van der Waals surface area contributed by atoms with Crippen LogP contribution in [0.2, 0.25) is 0 Å². The second-order valence-corrected chi connectivity index (χ2v) is 10.4. The van der Waals surface area contributed by atoms with Gasteiger partial charge in [0.2, 0.25) is 0 Å². The molecular weight excluding hydrogens is 435 g/mol. The minimum Gasteiger partial charge on any atom is -0.483 e. The molecule has 0 saturated carbocycles. The molecule has 10 heteroatoms. The maximum atomic E-state index is 14.0. The fraction of sp³-hybridized carbons (Fsp3) is 0.364. The predicted octanol–water partition coefficient (Wildman–Crippen LogP) is 3.97. The van der Waals surface area contributed by atoms with Crippen LogP contribution < -0.4 is 10.1 Å². The largest absolute Gasteiger partial charge is 0.483 e. The van der Waals surface area contributed by atoms with E-state index in [0.29, 0.717) is 41.7 Å². The first-order valence-electron chi connectivity index (χ1n) is 10.00. The topological polar surface area (TPSA) is 94.9 Å². The molecule has 2 aromatic carbocycles. The Morgan fingerprint density at radius 3 is 2.72 bits per heavy atom. The molecule has 32 heavy (non-hydrogen) atoms. The first-order chi connectivity index (χ1) is 15.2. The summed E-state index contributed by atoms with van der Waals surface area (Å²) in [5.74, 6) is 0.446. The number of hydrogen-bond acceptors (Lipinski definition) is 8. The van der Waals surface area contributed by atoms with Crippen molar-refractivity contribution in [1.82, 2.24) is 9.97 Å². The van der Waals surface area contributed by atoms with Crippen LogP contribution >= 0.6 is 0 Å². The van der Waals surface area contributed by atoms with Gasteiger partial charge in [0.1, 0.15) is 29.8 Å². The molecule has 3 aromatic rings. The van der Waals surface area contributed by atoms with Crippen molar-refractivity contribution in [3.63, 3.8) is 0 Å². The summed E-state index contributed by atoms with van der Waals surface area (Å²) >= 11 is 0. The number of aryl methyl sites for hydroxylation is 1. The van der Waals surface area contributed by atoms with E-state index in [9.17, 15) is 8.60 Å². The predicted molar refractivity (Wildman–Crippen MR) is 122 cm³/mol. The van der Waals surface area contributed by atoms with Gasteiger partial charge in [-0.1, -0.05) is 0 Å². The monoisotopic (exact) mass is 460 g/mol. The van der Waals surface area contributed by atoms with E-state index in [-0.39, 0.29) is 12.2 Å². The Kier molecular flexibility index (Phi) is 6.27. The molecule has 8 nitrogen and oxygen atoms in total. The molecule has 1 aliphatic heterocycles. The van der Waals surface area contributed by atoms with Crippen LogP contribution in [-0.2, 0) is 19.2 Å². The summed E-state index contributed by atoms with van der Waals surface area (Å²) in [4.78, 5) is 8.73. The van der Waals surface area contributed by atoms with Gasteiger partial charge in [0.25, 0.3) is 0 Å². The number of methoxy groups -OCH3 is 1. The van der Waals surface area contributed by atoms with Crippen LogP contribution in [-0.4, -0.2) is 59.2 Å². The van der Waals surface area contributed by atoms with Crippen molar-refractivity contribution in [3.8, 4) is 5.75 Å². The summed E-state index contributed by atoms with van der Waals surface area (Å²) in [6, 6.07) is 7.87. The van der Waals surface area contributed by atoms with Gasteiger partial charge < -0.3 is 19.5 Å². The third-order valence-electron chi connectivity index (χ3n) is 5.00. The lowest BCUT2D eigenvalue weighted by Gasteiger charge is -2.21. The van der Waals surface area contributed by atoms with E-state index in [1.165, 1.54) is 18.5 Å². The van der Waals surface area contributed by atoms with E-state index >= 15 is 0 Å². The van der Waals surface area contributed by atoms with Crippen molar-refractivity contribution in [2.45, 2.75) is 19.1 Å². The summed E-state index contributed by atoms with van der Waals surface area (Å²) < 4.78 is 47.2. The Morgan fingerprint density at radius 2 is 1.97 bits per heavy atom. The van der Waals surface area contributed by atoms with Crippen molar-refractivity contribution >= 4 is 37.8 Å². The van der Waals surface area contributed by atoms with Gasteiger partial charge in [-0.3, -0.25) is 0 Å². The standard InChI is InChI=1S/C22H25FN4O4S/c1-13-7-15(27-32(3,4)28)9-17-21(13)22(25-12-24-17)26-16-6-5-14(23)8-18(16)31-20-11-30-10-19(20)29-2/h5-9,12,19-20H,10-11H2,1-4H3,(H,24,25,26)/t19-,20-/m1/s1. The Morgan fingerprint density at radius 1 is 1.19 bits per heavy atom. The number of rotatable bonds is 6.